The van der Waals surface area contributed by atoms with Crippen molar-refractivity contribution in [2.24, 2.45) is 0 Å². The first-order chi connectivity index (χ1) is 9.51. The molecular formula is C15H20N2O3. The summed E-state index contributed by atoms with van der Waals surface area (Å²) >= 11 is 0. The molecule has 5 heteroatoms. The van der Waals surface area contributed by atoms with Crippen molar-refractivity contribution >= 4 is 11.8 Å². The number of nitrogens with one attached hydrogen (secondary N) is 1. The van der Waals surface area contributed by atoms with Gasteiger partial charge in [0.2, 0.25) is 5.91 Å². The van der Waals surface area contributed by atoms with Gasteiger partial charge in [0, 0.05) is 24.6 Å². The molecule has 1 fully saturated rings. The fourth-order valence-corrected chi connectivity index (χ4v) is 2.34. The summed E-state index contributed by atoms with van der Waals surface area (Å²) in [5.41, 5.74) is 0.571. The number of rotatable bonds is 4. The fraction of sp³-hybridized carbons (Fsp3) is 0.467. The molecule has 1 aliphatic heterocycles. The molecule has 0 spiro atoms. The number of carbonyl (C=O) groups is 2. The Kier molecular flexibility index (Phi) is 4.27. The van der Waals surface area contributed by atoms with Gasteiger partial charge in [0.25, 0.3) is 5.91 Å². The lowest BCUT2D eigenvalue weighted by atomic mass is 10.2. The number of benzene rings is 1. The lowest BCUT2D eigenvalue weighted by Crippen LogP contribution is -2.38. The highest BCUT2D eigenvalue weighted by molar-refractivity contribution is 5.95. The SMILES string of the molecule is COc1ccc(C(=O)NC2CC(=O)N(C(C)C)C2)cc1. The quantitative estimate of drug-likeness (QED) is 0.905. The van der Waals surface area contributed by atoms with Crippen molar-refractivity contribution in [2.75, 3.05) is 13.7 Å². The molecule has 20 heavy (non-hydrogen) atoms. The standard InChI is InChI=1S/C15H20N2O3/c1-10(2)17-9-12(8-14(17)18)16-15(19)11-4-6-13(20-3)7-5-11/h4-7,10,12H,8-9H2,1-3H3,(H,16,19). The Hall–Kier alpha value is -2.04. The summed E-state index contributed by atoms with van der Waals surface area (Å²) in [5, 5.41) is 2.91. The van der Waals surface area contributed by atoms with Crippen molar-refractivity contribution in [3.05, 3.63) is 29.8 Å². The summed E-state index contributed by atoms with van der Waals surface area (Å²) in [5.74, 6) is 0.652. The average Bonchev–Trinajstić information content (AvgIpc) is 2.79. The van der Waals surface area contributed by atoms with Crippen LogP contribution in [0.25, 0.3) is 0 Å². The number of methoxy groups -OCH3 is 1. The van der Waals surface area contributed by atoms with E-state index in [0.717, 1.165) is 0 Å². The summed E-state index contributed by atoms with van der Waals surface area (Å²) < 4.78 is 5.05. The third kappa shape index (κ3) is 3.10. The van der Waals surface area contributed by atoms with Crippen LogP contribution in [0.5, 0.6) is 5.75 Å². The van der Waals surface area contributed by atoms with E-state index in [1.807, 2.05) is 13.8 Å². The molecule has 0 bridgehead atoms. The van der Waals surface area contributed by atoms with E-state index in [0.29, 0.717) is 24.3 Å². The molecule has 1 heterocycles. The first-order valence-corrected chi connectivity index (χ1v) is 6.75. The molecule has 2 rings (SSSR count). The van der Waals surface area contributed by atoms with E-state index in [1.165, 1.54) is 0 Å². The maximum absolute atomic E-state index is 12.1. The van der Waals surface area contributed by atoms with Gasteiger partial charge in [-0.2, -0.15) is 0 Å². The second kappa shape index (κ2) is 5.94. The van der Waals surface area contributed by atoms with Crippen molar-refractivity contribution in [1.82, 2.24) is 10.2 Å². The number of carbonyl (C=O) groups excluding carboxylic acids is 2. The zero-order chi connectivity index (χ0) is 14.7. The summed E-state index contributed by atoms with van der Waals surface area (Å²) in [7, 11) is 1.58. The zero-order valence-electron chi connectivity index (χ0n) is 12.1. The van der Waals surface area contributed by atoms with Crippen LogP contribution in [-0.2, 0) is 4.79 Å². The maximum atomic E-state index is 12.1. The van der Waals surface area contributed by atoms with Crippen LogP contribution in [0, 0.1) is 0 Å². The topological polar surface area (TPSA) is 58.6 Å². The van der Waals surface area contributed by atoms with Crippen LogP contribution < -0.4 is 10.1 Å². The van der Waals surface area contributed by atoms with Crippen LogP contribution in [0.1, 0.15) is 30.6 Å². The van der Waals surface area contributed by atoms with Gasteiger partial charge in [-0.05, 0) is 38.1 Å². The molecular weight excluding hydrogens is 256 g/mol. The Labute approximate surface area is 118 Å². The van der Waals surface area contributed by atoms with Crippen LogP contribution in [0.3, 0.4) is 0 Å². The van der Waals surface area contributed by atoms with Gasteiger partial charge in [0.05, 0.1) is 13.2 Å². The van der Waals surface area contributed by atoms with Crippen molar-refractivity contribution in [3.8, 4) is 5.75 Å². The van der Waals surface area contributed by atoms with Crippen LogP contribution in [0.15, 0.2) is 24.3 Å². The number of hydrogen-bond donors (Lipinski definition) is 1. The second-order valence-electron chi connectivity index (χ2n) is 5.24. The van der Waals surface area contributed by atoms with E-state index < -0.39 is 0 Å². The van der Waals surface area contributed by atoms with E-state index >= 15 is 0 Å². The number of likely N-dealkylation sites (tertiary alicyclic amines) is 1. The smallest absolute Gasteiger partial charge is 0.251 e. The molecule has 1 unspecified atom stereocenters. The number of ether oxygens (including phenoxy) is 1. The van der Waals surface area contributed by atoms with Crippen LogP contribution in [0.4, 0.5) is 0 Å². The Morgan fingerprint density at radius 3 is 2.50 bits per heavy atom. The van der Waals surface area contributed by atoms with E-state index in [9.17, 15) is 9.59 Å². The first-order valence-electron chi connectivity index (χ1n) is 6.75. The number of nitrogens with zero attached hydrogens (tertiary/aromatic N) is 1. The van der Waals surface area contributed by atoms with Crippen LogP contribution in [-0.4, -0.2) is 42.5 Å². The number of amides is 2. The predicted octanol–water partition coefficient (Wildman–Crippen LogP) is 1.43. The Balaban J connectivity index is 1.96. The highest BCUT2D eigenvalue weighted by Crippen LogP contribution is 2.16. The largest absolute Gasteiger partial charge is 0.497 e. The Bertz CT molecular complexity index is 496. The predicted molar refractivity (Wildman–Crippen MR) is 75.7 cm³/mol. The molecule has 5 nitrogen and oxygen atoms in total. The molecule has 1 atom stereocenters. The average molecular weight is 276 g/mol. The lowest BCUT2D eigenvalue weighted by Gasteiger charge is -2.21. The summed E-state index contributed by atoms with van der Waals surface area (Å²) in [6, 6.07) is 6.98. The van der Waals surface area contributed by atoms with Gasteiger partial charge in [-0.3, -0.25) is 9.59 Å². The maximum Gasteiger partial charge on any atom is 0.251 e. The third-order valence-corrected chi connectivity index (χ3v) is 3.47. The monoisotopic (exact) mass is 276 g/mol. The molecule has 0 radical (unpaired) electrons. The summed E-state index contributed by atoms with van der Waals surface area (Å²) in [6.07, 6.45) is 0.375. The van der Waals surface area contributed by atoms with Gasteiger partial charge in [0.1, 0.15) is 5.75 Å². The molecule has 1 N–H and O–H groups in total. The Morgan fingerprint density at radius 1 is 1.35 bits per heavy atom. The Morgan fingerprint density at radius 2 is 2.00 bits per heavy atom. The van der Waals surface area contributed by atoms with Crippen molar-refractivity contribution < 1.29 is 14.3 Å². The minimum absolute atomic E-state index is 0.0973. The van der Waals surface area contributed by atoms with Crippen LogP contribution >= 0.6 is 0 Å². The van der Waals surface area contributed by atoms with Gasteiger partial charge in [-0.25, -0.2) is 0 Å². The van der Waals surface area contributed by atoms with Gasteiger partial charge < -0.3 is 15.0 Å². The summed E-state index contributed by atoms with van der Waals surface area (Å²) in [4.78, 5) is 25.7. The molecule has 1 aromatic carbocycles. The molecule has 0 aliphatic carbocycles. The van der Waals surface area contributed by atoms with Gasteiger partial charge in [-0.15, -0.1) is 0 Å². The molecule has 2 amide bonds. The molecule has 1 aliphatic rings. The van der Waals surface area contributed by atoms with Gasteiger partial charge >= 0.3 is 0 Å². The van der Waals surface area contributed by atoms with Crippen molar-refractivity contribution in [2.45, 2.75) is 32.4 Å². The van der Waals surface area contributed by atoms with Crippen molar-refractivity contribution in [3.63, 3.8) is 0 Å². The van der Waals surface area contributed by atoms with E-state index in [1.54, 1.807) is 36.3 Å². The molecule has 0 aromatic heterocycles. The minimum atomic E-state index is -0.156. The normalized spacial score (nSPS) is 18.5. The fourth-order valence-electron chi connectivity index (χ4n) is 2.34. The first kappa shape index (κ1) is 14.4. The molecule has 1 saturated heterocycles. The molecule has 1 aromatic rings. The number of hydrogen-bond acceptors (Lipinski definition) is 3. The second-order valence-corrected chi connectivity index (χ2v) is 5.24. The highest BCUT2D eigenvalue weighted by atomic mass is 16.5. The van der Waals surface area contributed by atoms with Crippen LogP contribution in [0.2, 0.25) is 0 Å². The van der Waals surface area contributed by atoms with E-state index in [4.69, 9.17) is 4.74 Å². The molecule has 0 saturated carbocycles. The third-order valence-electron chi connectivity index (χ3n) is 3.47. The van der Waals surface area contributed by atoms with Gasteiger partial charge in [0.15, 0.2) is 0 Å². The highest BCUT2D eigenvalue weighted by Gasteiger charge is 2.32. The van der Waals surface area contributed by atoms with Gasteiger partial charge in [-0.1, -0.05) is 0 Å². The van der Waals surface area contributed by atoms with Crippen molar-refractivity contribution in [1.29, 1.82) is 0 Å². The summed E-state index contributed by atoms with van der Waals surface area (Å²) in [6.45, 7) is 4.54. The molecule has 108 valence electrons. The lowest BCUT2D eigenvalue weighted by molar-refractivity contribution is -0.129. The van der Waals surface area contributed by atoms with E-state index in [2.05, 4.69) is 5.32 Å². The van der Waals surface area contributed by atoms with E-state index in [-0.39, 0.29) is 23.9 Å². The minimum Gasteiger partial charge on any atom is -0.497 e. The zero-order valence-corrected chi connectivity index (χ0v) is 12.1.